The van der Waals surface area contributed by atoms with Gasteiger partial charge in [-0.3, -0.25) is 9.59 Å². The van der Waals surface area contributed by atoms with Gasteiger partial charge in [0.05, 0.1) is 7.11 Å². The number of methoxy groups -OCH3 is 1. The van der Waals surface area contributed by atoms with E-state index in [9.17, 15) is 14.4 Å². The molecule has 0 bridgehead atoms. The van der Waals surface area contributed by atoms with Gasteiger partial charge in [0, 0.05) is 10.6 Å². The average Bonchev–Trinajstić information content (AvgIpc) is 2.57. The minimum atomic E-state index is -0.797. The average molecular weight is 373 g/mol. The molecule has 24 heavy (non-hydrogen) atoms. The minimum absolute atomic E-state index is 0.394. The van der Waals surface area contributed by atoms with Crippen molar-refractivity contribution in [3.8, 4) is 0 Å². The lowest BCUT2D eigenvalue weighted by Gasteiger charge is -2.19. The first kappa shape index (κ1) is 20.3. The highest BCUT2D eigenvalue weighted by Crippen LogP contribution is 2.09. The molecule has 1 aromatic carbocycles. The second-order valence-electron chi connectivity index (χ2n) is 5.07. The van der Waals surface area contributed by atoms with Crippen LogP contribution in [0.15, 0.2) is 24.3 Å². The number of amides is 2. The van der Waals surface area contributed by atoms with Crippen molar-refractivity contribution in [2.45, 2.75) is 25.4 Å². The van der Waals surface area contributed by atoms with E-state index >= 15 is 0 Å². The summed E-state index contributed by atoms with van der Waals surface area (Å²) in [4.78, 5) is 36.0. The molecule has 0 unspecified atom stereocenters. The summed E-state index contributed by atoms with van der Waals surface area (Å²) >= 11 is 7.34. The summed E-state index contributed by atoms with van der Waals surface area (Å²) in [5.74, 6) is -0.651. The Kier molecular flexibility index (Phi) is 8.63. The number of thioether (sulfide) groups is 1. The van der Waals surface area contributed by atoms with Crippen LogP contribution in [0.2, 0.25) is 5.02 Å². The van der Waals surface area contributed by atoms with Gasteiger partial charge in [0.1, 0.15) is 12.1 Å². The van der Waals surface area contributed by atoms with Gasteiger partial charge in [0.15, 0.2) is 0 Å². The van der Waals surface area contributed by atoms with Gasteiger partial charge >= 0.3 is 5.97 Å². The van der Waals surface area contributed by atoms with Gasteiger partial charge in [-0.2, -0.15) is 11.8 Å². The van der Waals surface area contributed by atoms with Crippen molar-refractivity contribution < 1.29 is 19.1 Å². The number of hydrogen-bond acceptors (Lipinski definition) is 5. The molecule has 0 aliphatic heterocycles. The van der Waals surface area contributed by atoms with Gasteiger partial charge in [-0.1, -0.05) is 11.6 Å². The highest BCUT2D eigenvalue weighted by atomic mass is 35.5. The Hall–Kier alpha value is -1.73. The largest absolute Gasteiger partial charge is 0.467 e. The first-order valence-electron chi connectivity index (χ1n) is 7.32. The summed E-state index contributed by atoms with van der Waals surface area (Å²) in [5, 5.41) is 5.71. The number of ether oxygens (including phenoxy) is 1. The summed E-state index contributed by atoms with van der Waals surface area (Å²) < 4.78 is 4.69. The number of carbonyl (C=O) groups excluding carboxylic acids is 3. The van der Waals surface area contributed by atoms with Crippen LogP contribution in [-0.4, -0.2) is 49.0 Å². The molecule has 0 saturated heterocycles. The van der Waals surface area contributed by atoms with Crippen LogP contribution >= 0.6 is 23.4 Å². The van der Waals surface area contributed by atoms with Crippen LogP contribution in [-0.2, 0) is 14.3 Å². The van der Waals surface area contributed by atoms with Crippen LogP contribution in [0.4, 0.5) is 0 Å². The highest BCUT2D eigenvalue weighted by molar-refractivity contribution is 7.98. The van der Waals surface area contributed by atoms with Gasteiger partial charge in [-0.15, -0.1) is 0 Å². The van der Waals surface area contributed by atoms with Crippen molar-refractivity contribution in [1.82, 2.24) is 10.6 Å². The maximum atomic E-state index is 12.2. The zero-order valence-corrected chi connectivity index (χ0v) is 15.4. The Labute approximate surface area is 150 Å². The van der Waals surface area contributed by atoms with Crippen LogP contribution < -0.4 is 10.6 Å². The predicted octanol–water partition coefficient (Wildman–Crippen LogP) is 1.87. The number of rotatable bonds is 8. The summed E-state index contributed by atoms with van der Waals surface area (Å²) in [6.45, 7) is 1.55. The van der Waals surface area contributed by atoms with Gasteiger partial charge in [0.2, 0.25) is 5.91 Å². The molecule has 0 saturated carbocycles. The molecule has 1 rings (SSSR count). The Morgan fingerprint density at radius 1 is 1.21 bits per heavy atom. The smallest absolute Gasteiger partial charge is 0.328 e. The lowest BCUT2D eigenvalue weighted by Crippen LogP contribution is -2.50. The Morgan fingerprint density at radius 2 is 1.83 bits per heavy atom. The monoisotopic (exact) mass is 372 g/mol. The number of carbonyl (C=O) groups is 3. The normalized spacial score (nSPS) is 12.8. The maximum absolute atomic E-state index is 12.2. The third-order valence-electron chi connectivity index (χ3n) is 3.26. The van der Waals surface area contributed by atoms with Crippen molar-refractivity contribution in [1.29, 1.82) is 0 Å². The molecule has 1 aromatic rings. The molecule has 0 aliphatic carbocycles. The molecule has 8 heteroatoms. The Bertz CT molecular complexity index is 580. The molecular weight excluding hydrogens is 352 g/mol. The van der Waals surface area contributed by atoms with Crippen molar-refractivity contribution in [3.05, 3.63) is 34.9 Å². The van der Waals surface area contributed by atoms with Gasteiger partial charge in [-0.25, -0.2) is 4.79 Å². The molecule has 0 aromatic heterocycles. The van der Waals surface area contributed by atoms with E-state index in [1.807, 2.05) is 6.26 Å². The molecule has 6 nitrogen and oxygen atoms in total. The number of nitrogens with one attached hydrogen (secondary N) is 2. The molecule has 0 fully saturated rings. The first-order chi connectivity index (χ1) is 11.4. The van der Waals surface area contributed by atoms with Crippen LogP contribution in [0.3, 0.4) is 0 Å². The fourth-order valence-corrected chi connectivity index (χ4v) is 2.47. The highest BCUT2D eigenvalue weighted by Gasteiger charge is 2.24. The molecule has 0 heterocycles. The van der Waals surface area contributed by atoms with E-state index in [1.54, 1.807) is 43.0 Å². The van der Waals surface area contributed by atoms with Crippen molar-refractivity contribution in [2.24, 2.45) is 0 Å². The summed E-state index contributed by atoms with van der Waals surface area (Å²) in [5.41, 5.74) is 0.394. The van der Waals surface area contributed by atoms with Crippen molar-refractivity contribution >= 4 is 41.1 Å². The quantitative estimate of drug-likeness (QED) is 0.680. The van der Waals surface area contributed by atoms with E-state index < -0.39 is 29.9 Å². The molecule has 0 spiro atoms. The second kappa shape index (κ2) is 10.2. The summed E-state index contributed by atoms with van der Waals surface area (Å²) in [6.07, 6.45) is 2.36. The summed E-state index contributed by atoms with van der Waals surface area (Å²) in [7, 11) is 1.27. The van der Waals surface area contributed by atoms with Gasteiger partial charge in [-0.05, 0) is 49.6 Å². The van der Waals surface area contributed by atoms with Crippen LogP contribution in [0.5, 0.6) is 0 Å². The maximum Gasteiger partial charge on any atom is 0.328 e. The number of benzene rings is 1. The zero-order chi connectivity index (χ0) is 18.1. The van der Waals surface area contributed by atoms with E-state index in [0.29, 0.717) is 22.8 Å². The molecule has 0 radical (unpaired) electrons. The molecular formula is C16H21ClN2O4S. The topological polar surface area (TPSA) is 84.5 Å². The van der Waals surface area contributed by atoms with Crippen molar-refractivity contribution in [2.75, 3.05) is 19.1 Å². The number of hydrogen-bond donors (Lipinski definition) is 2. The van der Waals surface area contributed by atoms with Gasteiger partial charge in [0.25, 0.3) is 5.91 Å². The third-order valence-corrected chi connectivity index (χ3v) is 4.16. The standard InChI is InChI=1S/C16H21ClN2O4S/c1-10(18-15(21)11-4-6-12(17)7-5-11)14(20)19-13(8-9-24-3)16(22)23-2/h4-7,10,13H,8-9H2,1-3H3,(H,18,21)(H,19,20)/t10-,13-/m1/s1. The number of esters is 1. The minimum Gasteiger partial charge on any atom is -0.467 e. The number of halogens is 1. The second-order valence-corrected chi connectivity index (χ2v) is 6.49. The predicted molar refractivity (Wildman–Crippen MR) is 95.3 cm³/mol. The van der Waals surface area contributed by atoms with E-state index in [4.69, 9.17) is 11.6 Å². The molecule has 132 valence electrons. The fourth-order valence-electron chi connectivity index (χ4n) is 1.87. The lowest BCUT2D eigenvalue weighted by atomic mass is 10.1. The fraction of sp³-hybridized carbons (Fsp3) is 0.438. The Morgan fingerprint density at radius 3 is 2.38 bits per heavy atom. The van der Waals surface area contributed by atoms with Crippen LogP contribution in [0.1, 0.15) is 23.7 Å². The lowest BCUT2D eigenvalue weighted by molar-refractivity contribution is -0.145. The summed E-state index contributed by atoms with van der Waals surface area (Å²) in [6, 6.07) is 4.79. The zero-order valence-electron chi connectivity index (χ0n) is 13.8. The molecule has 2 N–H and O–H groups in total. The van der Waals surface area contributed by atoms with E-state index in [1.165, 1.54) is 7.11 Å². The van der Waals surface area contributed by atoms with Crippen molar-refractivity contribution in [3.63, 3.8) is 0 Å². The van der Waals surface area contributed by atoms with E-state index in [0.717, 1.165) is 0 Å². The molecule has 2 amide bonds. The molecule has 2 atom stereocenters. The van der Waals surface area contributed by atoms with Crippen LogP contribution in [0.25, 0.3) is 0 Å². The SMILES string of the molecule is COC(=O)[C@@H](CCSC)NC(=O)[C@@H](C)NC(=O)c1ccc(Cl)cc1. The first-order valence-corrected chi connectivity index (χ1v) is 9.09. The molecule has 0 aliphatic rings. The van der Waals surface area contributed by atoms with E-state index in [-0.39, 0.29) is 0 Å². The van der Waals surface area contributed by atoms with Crippen LogP contribution in [0, 0.1) is 0 Å². The van der Waals surface area contributed by atoms with E-state index in [2.05, 4.69) is 15.4 Å². The Balaban J connectivity index is 2.63. The van der Waals surface area contributed by atoms with Gasteiger partial charge < -0.3 is 15.4 Å². The third kappa shape index (κ3) is 6.41.